The molecule has 1 heterocycles. The normalized spacial score (nSPS) is 10.5. The molecule has 0 aliphatic rings. The van der Waals surface area contributed by atoms with Crippen LogP contribution in [0, 0.1) is 5.82 Å². The number of hydrogen-bond acceptors (Lipinski definition) is 6. The number of methoxy groups -OCH3 is 1. The number of carbonyl (C=O) groups is 1. The molecule has 3 aromatic carbocycles. The number of ether oxygens (including phenoxy) is 2. The molecule has 1 N–H and O–H groups in total. The van der Waals surface area contributed by atoms with E-state index in [1.165, 1.54) is 13.2 Å². The third-order valence-corrected chi connectivity index (χ3v) is 4.40. The van der Waals surface area contributed by atoms with Crippen LogP contribution in [0.3, 0.4) is 0 Å². The zero-order chi connectivity index (χ0) is 21.6. The van der Waals surface area contributed by atoms with Gasteiger partial charge in [-0.2, -0.15) is 4.98 Å². The van der Waals surface area contributed by atoms with Crippen LogP contribution in [-0.2, 0) is 4.79 Å². The van der Waals surface area contributed by atoms with Crippen molar-refractivity contribution >= 4 is 11.6 Å². The first-order valence-corrected chi connectivity index (χ1v) is 9.39. The van der Waals surface area contributed by atoms with Crippen molar-refractivity contribution in [2.24, 2.45) is 0 Å². The number of hydrogen-bond donors (Lipinski definition) is 1. The highest BCUT2D eigenvalue weighted by Crippen LogP contribution is 2.30. The Kier molecular flexibility index (Phi) is 5.89. The maximum atomic E-state index is 14.0. The lowest BCUT2D eigenvalue weighted by Gasteiger charge is -2.11. The number of nitrogens with zero attached hydrogens (tertiary/aromatic N) is 2. The zero-order valence-corrected chi connectivity index (χ0v) is 16.5. The van der Waals surface area contributed by atoms with E-state index in [1.54, 1.807) is 60.7 Å². The number of benzene rings is 3. The van der Waals surface area contributed by atoms with E-state index in [0.29, 0.717) is 22.7 Å². The van der Waals surface area contributed by atoms with Crippen molar-refractivity contribution in [1.82, 2.24) is 10.1 Å². The Morgan fingerprint density at radius 2 is 1.65 bits per heavy atom. The molecule has 0 bridgehead atoms. The van der Waals surface area contributed by atoms with Gasteiger partial charge in [0.25, 0.3) is 11.8 Å². The molecule has 0 radical (unpaired) electrons. The Balaban J connectivity index is 1.49. The summed E-state index contributed by atoms with van der Waals surface area (Å²) in [5.74, 6) is 0.382. The number of carbonyl (C=O) groups excluding carboxylic acids is 1. The van der Waals surface area contributed by atoms with E-state index in [9.17, 15) is 9.18 Å². The van der Waals surface area contributed by atoms with Gasteiger partial charge in [0, 0.05) is 0 Å². The molecule has 0 saturated carbocycles. The molecular weight excluding hydrogens is 401 g/mol. The average molecular weight is 419 g/mol. The molecule has 8 heteroatoms. The second-order valence-electron chi connectivity index (χ2n) is 6.44. The van der Waals surface area contributed by atoms with Crippen molar-refractivity contribution in [2.75, 3.05) is 19.0 Å². The van der Waals surface area contributed by atoms with Crippen molar-refractivity contribution in [2.45, 2.75) is 0 Å². The molecule has 1 amide bonds. The van der Waals surface area contributed by atoms with Crippen molar-refractivity contribution in [3.63, 3.8) is 0 Å². The van der Waals surface area contributed by atoms with E-state index in [2.05, 4.69) is 15.5 Å². The molecule has 1 aromatic heterocycles. The summed E-state index contributed by atoms with van der Waals surface area (Å²) in [6.07, 6.45) is 0. The van der Waals surface area contributed by atoms with Crippen LogP contribution in [-0.4, -0.2) is 29.8 Å². The fourth-order valence-electron chi connectivity index (χ4n) is 2.93. The number of para-hydroxylation sites is 3. The first-order chi connectivity index (χ1) is 15.2. The number of aromatic nitrogens is 2. The number of amides is 1. The quantitative estimate of drug-likeness (QED) is 0.472. The molecule has 156 valence electrons. The summed E-state index contributed by atoms with van der Waals surface area (Å²) in [7, 11) is 1.53. The lowest BCUT2D eigenvalue weighted by atomic mass is 10.2. The molecule has 0 aliphatic heterocycles. The van der Waals surface area contributed by atoms with Gasteiger partial charge in [-0.15, -0.1) is 0 Å². The minimum Gasteiger partial charge on any atom is -0.495 e. The van der Waals surface area contributed by atoms with Gasteiger partial charge in [-0.1, -0.05) is 41.6 Å². The maximum absolute atomic E-state index is 14.0. The van der Waals surface area contributed by atoms with E-state index < -0.39 is 5.82 Å². The standard InChI is InChI=1S/C23H18FN3O4/c1-29-20-13-7-5-11-18(20)25-21(28)14-30-19-12-6-3-9-16(19)22-26-23(31-27-22)15-8-2-4-10-17(15)24/h2-13H,14H2,1H3,(H,25,28). The molecule has 0 fully saturated rings. The Morgan fingerprint density at radius 1 is 0.968 bits per heavy atom. The van der Waals surface area contributed by atoms with Crippen LogP contribution in [0.25, 0.3) is 22.8 Å². The van der Waals surface area contributed by atoms with Gasteiger partial charge in [0.05, 0.1) is 23.9 Å². The van der Waals surface area contributed by atoms with Gasteiger partial charge in [-0.25, -0.2) is 4.39 Å². The second-order valence-corrected chi connectivity index (χ2v) is 6.44. The molecule has 0 aliphatic carbocycles. The van der Waals surface area contributed by atoms with E-state index in [4.69, 9.17) is 14.0 Å². The fraction of sp³-hybridized carbons (Fsp3) is 0.0870. The van der Waals surface area contributed by atoms with Gasteiger partial charge in [0.1, 0.15) is 17.3 Å². The second kappa shape index (κ2) is 9.08. The van der Waals surface area contributed by atoms with Crippen molar-refractivity contribution in [1.29, 1.82) is 0 Å². The maximum Gasteiger partial charge on any atom is 0.262 e. The summed E-state index contributed by atoms with van der Waals surface area (Å²) in [6.45, 7) is -0.243. The van der Waals surface area contributed by atoms with Gasteiger partial charge in [0.2, 0.25) is 5.82 Å². The minimum absolute atomic E-state index is 0.0526. The first kappa shape index (κ1) is 20.1. The lowest BCUT2D eigenvalue weighted by molar-refractivity contribution is -0.118. The van der Waals surface area contributed by atoms with Gasteiger partial charge < -0.3 is 19.3 Å². The minimum atomic E-state index is -0.463. The Labute approximate surface area is 177 Å². The highest BCUT2D eigenvalue weighted by atomic mass is 19.1. The van der Waals surface area contributed by atoms with Crippen molar-refractivity contribution < 1.29 is 23.2 Å². The highest BCUT2D eigenvalue weighted by Gasteiger charge is 2.17. The van der Waals surface area contributed by atoms with E-state index in [0.717, 1.165) is 0 Å². The molecule has 31 heavy (non-hydrogen) atoms. The van der Waals surface area contributed by atoms with E-state index >= 15 is 0 Å². The third kappa shape index (κ3) is 4.53. The Morgan fingerprint density at radius 3 is 2.42 bits per heavy atom. The Bertz CT molecular complexity index is 1210. The zero-order valence-electron chi connectivity index (χ0n) is 16.5. The molecule has 4 rings (SSSR count). The van der Waals surface area contributed by atoms with Crippen molar-refractivity contribution in [3.8, 4) is 34.3 Å². The highest BCUT2D eigenvalue weighted by molar-refractivity contribution is 5.93. The molecule has 0 atom stereocenters. The molecule has 4 aromatic rings. The molecule has 7 nitrogen and oxygen atoms in total. The summed E-state index contributed by atoms with van der Waals surface area (Å²) < 4.78 is 30.1. The summed E-state index contributed by atoms with van der Waals surface area (Å²) in [5.41, 5.74) is 1.26. The van der Waals surface area contributed by atoms with Crippen LogP contribution in [0.15, 0.2) is 77.3 Å². The molecule has 0 saturated heterocycles. The fourth-order valence-corrected chi connectivity index (χ4v) is 2.93. The monoisotopic (exact) mass is 419 g/mol. The van der Waals surface area contributed by atoms with Crippen LogP contribution in [0.2, 0.25) is 0 Å². The number of nitrogens with one attached hydrogen (secondary N) is 1. The largest absolute Gasteiger partial charge is 0.495 e. The Hall–Kier alpha value is -4.20. The molecule has 0 unspecified atom stereocenters. The first-order valence-electron chi connectivity index (χ1n) is 9.39. The predicted molar refractivity (Wildman–Crippen MR) is 112 cm³/mol. The van der Waals surface area contributed by atoms with Gasteiger partial charge >= 0.3 is 0 Å². The summed E-state index contributed by atoms with van der Waals surface area (Å²) in [4.78, 5) is 16.6. The third-order valence-electron chi connectivity index (χ3n) is 4.40. The van der Waals surface area contributed by atoms with Gasteiger partial charge in [0.15, 0.2) is 6.61 Å². The number of anilines is 1. The predicted octanol–water partition coefficient (Wildman–Crippen LogP) is 4.57. The summed E-state index contributed by atoms with van der Waals surface area (Å²) >= 11 is 0. The van der Waals surface area contributed by atoms with Crippen LogP contribution in [0.4, 0.5) is 10.1 Å². The average Bonchev–Trinajstić information content (AvgIpc) is 3.28. The number of rotatable bonds is 7. The molecule has 0 spiro atoms. The SMILES string of the molecule is COc1ccccc1NC(=O)COc1ccccc1-c1noc(-c2ccccc2F)n1. The van der Waals surface area contributed by atoms with Crippen molar-refractivity contribution in [3.05, 3.63) is 78.6 Å². The van der Waals surface area contributed by atoms with Crippen LogP contribution in [0.1, 0.15) is 0 Å². The lowest BCUT2D eigenvalue weighted by Crippen LogP contribution is -2.20. The topological polar surface area (TPSA) is 86.5 Å². The van der Waals surface area contributed by atoms with E-state index in [1.807, 2.05) is 6.07 Å². The smallest absolute Gasteiger partial charge is 0.262 e. The van der Waals surface area contributed by atoms with Crippen LogP contribution < -0.4 is 14.8 Å². The van der Waals surface area contributed by atoms with E-state index in [-0.39, 0.29) is 29.8 Å². The van der Waals surface area contributed by atoms with Gasteiger partial charge in [-0.05, 0) is 36.4 Å². The summed E-state index contributed by atoms with van der Waals surface area (Å²) in [5, 5.41) is 6.67. The van der Waals surface area contributed by atoms with Gasteiger partial charge in [-0.3, -0.25) is 4.79 Å². The van der Waals surface area contributed by atoms with Crippen LogP contribution in [0.5, 0.6) is 11.5 Å². The summed E-state index contributed by atoms with van der Waals surface area (Å²) in [6, 6.07) is 20.1. The van der Waals surface area contributed by atoms with Crippen LogP contribution >= 0.6 is 0 Å². The number of halogens is 1. The molecular formula is C23H18FN3O4.